The number of hydrogen-bond acceptors (Lipinski definition) is 4. The molecule has 0 bridgehead atoms. The van der Waals surface area contributed by atoms with E-state index in [-0.39, 0.29) is 11.5 Å². The number of methoxy groups -OCH3 is 1. The van der Waals surface area contributed by atoms with Gasteiger partial charge < -0.3 is 19.6 Å². The highest BCUT2D eigenvalue weighted by Crippen LogP contribution is 2.37. The van der Waals surface area contributed by atoms with Crippen LogP contribution < -0.4 is 9.64 Å². The van der Waals surface area contributed by atoms with Crippen molar-refractivity contribution < 1.29 is 19.4 Å². The highest BCUT2D eigenvalue weighted by molar-refractivity contribution is 6.04. The van der Waals surface area contributed by atoms with Crippen LogP contribution in [0.25, 0.3) is 0 Å². The Morgan fingerprint density at radius 2 is 1.81 bits per heavy atom. The van der Waals surface area contributed by atoms with Gasteiger partial charge >= 0.3 is 5.97 Å². The van der Waals surface area contributed by atoms with Crippen molar-refractivity contribution in [1.29, 1.82) is 0 Å². The Bertz CT molecular complexity index is 859. The Morgan fingerprint density at radius 3 is 2.38 bits per heavy atom. The lowest BCUT2D eigenvalue weighted by Gasteiger charge is -2.50. The molecule has 2 aromatic carbocycles. The van der Waals surface area contributed by atoms with Crippen LogP contribution in [0.4, 0.5) is 5.69 Å². The molecule has 6 nitrogen and oxygen atoms in total. The third kappa shape index (κ3) is 2.87. The molecule has 1 aliphatic heterocycles. The van der Waals surface area contributed by atoms with Crippen molar-refractivity contribution in [3.8, 4) is 5.75 Å². The number of nitrogens with zero attached hydrogens (tertiary/aromatic N) is 2. The number of aromatic carboxylic acids is 1. The molecule has 1 amide bonds. The first kappa shape index (κ1) is 17.8. The van der Waals surface area contributed by atoms with E-state index in [1.807, 2.05) is 50.1 Å². The fraction of sp³-hybridized carbons (Fsp3) is 0.300. The minimum Gasteiger partial charge on any atom is -0.497 e. The molecule has 136 valence electrons. The summed E-state index contributed by atoms with van der Waals surface area (Å²) in [4.78, 5) is 28.2. The zero-order valence-corrected chi connectivity index (χ0v) is 15.3. The van der Waals surface area contributed by atoms with E-state index in [1.54, 1.807) is 18.1 Å². The fourth-order valence-electron chi connectivity index (χ4n) is 3.18. The maximum absolute atomic E-state index is 13.2. The number of amides is 1. The fourth-order valence-corrected chi connectivity index (χ4v) is 3.18. The summed E-state index contributed by atoms with van der Waals surface area (Å²) in [5.41, 5.74) is 1.65. The molecule has 26 heavy (non-hydrogen) atoms. The first-order valence-electron chi connectivity index (χ1n) is 8.32. The van der Waals surface area contributed by atoms with Gasteiger partial charge in [-0.3, -0.25) is 4.79 Å². The number of benzene rings is 2. The molecule has 3 rings (SSSR count). The highest BCUT2D eigenvalue weighted by atomic mass is 16.5. The molecule has 1 N–H and O–H groups in total. The van der Waals surface area contributed by atoms with Gasteiger partial charge in [0.15, 0.2) is 0 Å². The summed E-state index contributed by atoms with van der Waals surface area (Å²) in [6.07, 6.45) is 0. The molecule has 1 aliphatic rings. The molecule has 0 unspecified atom stereocenters. The number of carboxylic acid groups (broad SMARTS) is 1. The van der Waals surface area contributed by atoms with Crippen LogP contribution in [0.15, 0.2) is 42.5 Å². The van der Waals surface area contributed by atoms with Crippen LogP contribution in [0.5, 0.6) is 5.75 Å². The monoisotopic (exact) mass is 354 g/mol. The van der Waals surface area contributed by atoms with E-state index < -0.39 is 11.6 Å². The van der Waals surface area contributed by atoms with E-state index in [2.05, 4.69) is 0 Å². The van der Waals surface area contributed by atoms with Crippen molar-refractivity contribution in [3.05, 3.63) is 59.2 Å². The molecule has 0 saturated carbocycles. The average Bonchev–Trinajstić information content (AvgIpc) is 2.63. The van der Waals surface area contributed by atoms with Gasteiger partial charge in [-0.25, -0.2) is 4.79 Å². The van der Waals surface area contributed by atoms with E-state index in [0.717, 1.165) is 17.0 Å². The lowest BCUT2D eigenvalue weighted by molar-refractivity contribution is 0.0490. The lowest BCUT2D eigenvalue weighted by atomic mass is 9.97. The van der Waals surface area contributed by atoms with Crippen LogP contribution in [0.1, 0.15) is 40.1 Å². The number of carboxylic acids is 1. The average molecular weight is 354 g/mol. The van der Waals surface area contributed by atoms with Gasteiger partial charge in [-0.05, 0) is 49.7 Å². The first-order chi connectivity index (χ1) is 12.3. The molecule has 0 aromatic heterocycles. The lowest BCUT2D eigenvalue weighted by Crippen LogP contribution is -2.60. The second-order valence-corrected chi connectivity index (χ2v) is 6.83. The predicted octanol–water partition coefficient (Wildman–Crippen LogP) is 3.22. The van der Waals surface area contributed by atoms with Gasteiger partial charge in [0.05, 0.1) is 23.9 Å². The summed E-state index contributed by atoms with van der Waals surface area (Å²) in [5.74, 6) is -0.469. The minimum absolute atomic E-state index is 0.106. The number of carbonyl (C=O) groups is 2. The van der Waals surface area contributed by atoms with Gasteiger partial charge in [0.25, 0.3) is 5.91 Å². The van der Waals surface area contributed by atoms with Gasteiger partial charge in [-0.2, -0.15) is 0 Å². The Morgan fingerprint density at radius 1 is 1.15 bits per heavy atom. The molecule has 2 aromatic rings. The molecular weight excluding hydrogens is 332 g/mol. The van der Waals surface area contributed by atoms with E-state index in [0.29, 0.717) is 12.1 Å². The standard InChI is InChI=1S/C20H22N2O4/c1-20(2)21(3)17-10-7-14(19(24)25)11-16(17)18(23)22(20)12-13-5-8-15(26-4)9-6-13/h5-11H,12H2,1-4H3,(H,24,25). The molecule has 1 heterocycles. The molecule has 0 saturated heterocycles. The maximum Gasteiger partial charge on any atom is 0.335 e. The zero-order chi connectivity index (χ0) is 19.1. The Hall–Kier alpha value is -3.02. The Kier molecular flexibility index (Phi) is 4.36. The van der Waals surface area contributed by atoms with Crippen LogP contribution in [-0.4, -0.2) is 41.7 Å². The Balaban J connectivity index is 2.01. The number of hydrogen-bond donors (Lipinski definition) is 1. The molecule has 0 aliphatic carbocycles. The maximum atomic E-state index is 13.2. The van der Waals surface area contributed by atoms with Crippen molar-refractivity contribution in [2.45, 2.75) is 26.1 Å². The number of fused-ring (bicyclic) bond motifs is 1. The van der Waals surface area contributed by atoms with E-state index in [4.69, 9.17) is 4.74 Å². The second kappa shape index (κ2) is 6.37. The minimum atomic E-state index is -1.05. The second-order valence-electron chi connectivity index (χ2n) is 6.83. The highest BCUT2D eigenvalue weighted by Gasteiger charge is 2.41. The summed E-state index contributed by atoms with van der Waals surface area (Å²) in [5, 5.41) is 9.24. The summed E-state index contributed by atoms with van der Waals surface area (Å²) >= 11 is 0. The Labute approximate surface area is 152 Å². The zero-order valence-electron chi connectivity index (χ0n) is 15.3. The number of rotatable bonds is 4. The van der Waals surface area contributed by atoms with Crippen LogP contribution in [-0.2, 0) is 6.54 Å². The summed E-state index contributed by atoms with van der Waals surface area (Å²) in [6, 6.07) is 12.2. The van der Waals surface area contributed by atoms with Crippen molar-refractivity contribution in [2.75, 3.05) is 19.1 Å². The third-order valence-electron chi connectivity index (χ3n) is 5.06. The quantitative estimate of drug-likeness (QED) is 0.913. The van der Waals surface area contributed by atoms with E-state index >= 15 is 0 Å². The molecule has 0 atom stereocenters. The van der Waals surface area contributed by atoms with Gasteiger partial charge in [0.2, 0.25) is 0 Å². The molecule has 0 spiro atoms. The summed E-state index contributed by atoms with van der Waals surface area (Å²) < 4.78 is 5.18. The number of ether oxygens (including phenoxy) is 1. The van der Waals surface area contributed by atoms with Crippen LogP contribution >= 0.6 is 0 Å². The van der Waals surface area contributed by atoms with E-state index in [9.17, 15) is 14.7 Å². The van der Waals surface area contributed by atoms with Crippen molar-refractivity contribution in [1.82, 2.24) is 4.90 Å². The largest absolute Gasteiger partial charge is 0.497 e. The van der Waals surface area contributed by atoms with Gasteiger partial charge in [0, 0.05) is 13.6 Å². The molecule has 0 radical (unpaired) electrons. The smallest absolute Gasteiger partial charge is 0.335 e. The summed E-state index contributed by atoms with van der Waals surface area (Å²) in [7, 11) is 3.52. The van der Waals surface area contributed by atoms with Gasteiger partial charge in [-0.15, -0.1) is 0 Å². The van der Waals surface area contributed by atoms with Gasteiger partial charge in [0.1, 0.15) is 11.4 Å². The van der Waals surface area contributed by atoms with E-state index in [1.165, 1.54) is 12.1 Å². The van der Waals surface area contributed by atoms with Crippen molar-refractivity contribution in [2.24, 2.45) is 0 Å². The van der Waals surface area contributed by atoms with Crippen molar-refractivity contribution in [3.63, 3.8) is 0 Å². The molecule has 6 heteroatoms. The first-order valence-corrected chi connectivity index (χ1v) is 8.32. The van der Waals surface area contributed by atoms with Crippen LogP contribution in [0.2, 0.25) is 0 Å². The van der Waals surface area contributed by atoms with Crippen LogP contribution in [0.3, 0.4) is 0 Å². The summed E-state index contributed by atoms with van der Waals surface area (Å²) in [6.45, 7) is 4.36. The normalized spacial score (nSPS) is 15.6. The molecular formula is C20H22N2O4. The topological polar surface area (TPSA) is 70.1 Å². The SMILES string of the molecule is COc1ccc(CN2C(=O)c3cc(C(=O)O)ccc3N(C)C2(C)C)cc1. The molecule has 0 fully saturated rings. The number of anilines is 1. The van der Waals surface area contributed by atoms with Crippen molar-refractivity contribution >= 4 is 17.6 Å². The third-order valence-corrected chi connectivity index (χ3v) is 5.06. The van der Waals surface area contributed by atoms with Gasteiger partial charge in [-0.1, -0.05) is 12.1 Å². The predicted molar refractivity (Wildman–Crippen MR) is 98.8 cm³/mol. The number of carbonyl (C=O) groups excluding carboxylic acids is 1. The van der Waals surface area contributed by atoms with Crippen LogP contribution in [0, 0.1) is 0 Å².